The van der Waals surface area contributed by atoms with Gasteiger partial charge in [-0.05, 0) is 36.2 Å². The first-order valence-electron chi connectivity index (χ1n) is 8.43. The molecule has 1 atom stereocenters. The second kappa shape index (κ2) is 7.55. The molecule has 7 heteroatoms. The Morgan fingerprint density at radius 3 is 2.31 bits per heavy atom. The summed E-state index contributed by atoms with van der Waals surface area (Å²) >= 11 is 0. The third-order valence-electron chi connectivity index (χ3n) is 4.43. The summed E-state index contributed by atoms with van der Waals surface area (Å²) in [6, 6.07) is 11.1. The highest BCUT2D eigenvalue weighted by atomic mass is 19.4. The molecular formula is C19H21F3N2O2. The highest BCUT2D eigenvalue weighted by Crippen LogP contribution is 2.36. The van der Waals surface area contributed by atoms with Crippen molar-refractivity contribution >= 4 is 0 Å². The van der Waals surface area contributed by atoms with E-state index in [1.54, 1.807) is 18.2 Å². The van der Waals surface area contributed by atoms with Crippen molar-refractivity contribution in [1.29, 1.82) is 0 Å². The number of piperazine rings is 1. The van der Waals surface area contributed by atoms with E-state index in [4.69, 9.17) is 0 Å². The minimum Gasteiger partial charge on any atom is -0.508 e. The number of halogens is 3. The molecule has 0 bridgehead atoms. The Bertz CT molecular complexity index is 741. The zero-order valence-electron chi connectivity index (χ0n) is 14.4. The zero-order valence-corrected chi connectivity index (χ0v) is 14.4. The van der Waals surface area contributed by atoms with Crippen LogP contribution in [0, 0.1) is 6.92 Å². The molecule has 1 heterocycles. The van der Waals surface area contributed by atoms with Gasteiger partial charge in [0.15, 0.2) is 0 Å². The van der Waals surface area contributed by atoms with Crippen molar-refractivity contribution in [2.45, 2.75) is 19.3 Å². The quantitative estimate of drug-likeness (QED) is 0.868. The van der Waals surface area contributed by atoms with Crippen LogP contribution in [0.4, 0.5) is 13.2 Å². The number of nitrogens with zero attached hydrogens (tertiary/aromatic N) is 1. The molecule has 4 nitrogen and oxygen atoms in total. The lowest BCUT2D eigenvalue weighted by atomic mass is 9.94. The molecule has 0 saturated carbocycles. The van der Waals surface area contributed by atoms with Gasteiger partial charge in [0.2, 0.25) is 0 Å². The third kappa shape index (κ3) is 4.47. The summed E-state index contributed by atoms with van der Waals surface area (Å²) in [5, 5.41) is 13.7. The molecule has 2 N–H and O–H groups in total. The lowest BCUT2D eigenvalue weighted by molar-refractivity contribution is -0.274. The minimum atomic E-state index is -4.71. The molecule has 1 aliphatic heterocycles. The Hall–Kier alpha value is -2.25. The molecule has 1 saturated heterocycles. The monoisotopic (exact) mass is 366 g/mol. The van der Waals surface area contributed by atoms with Crippen molar-refractivity contribution in [3.63, 3.8) is 0 Å². The van der Waals surface area contributed by atoms with Gasteiger partial charge in [-0.2, -0.15) is 0 Å². The molecule has 1 fully saturated rings. The van der Waals surface area contributed by atoms with Gasteiger partial charge >= 0.3 is 6.36 Å². The van der Waals surface area contributed by atoms with Crippen LogP contribution >= 0.6 is 0 Å². The zero-order chi connectivity index (χ0) is 18.7. The summed E-state index contributed by atoms with van der Waals surface area (Å²) in [7, 11) is 0. The first-order valence-corrected chi connectivity index (χ1v) is 8.43. The summed E-state index contributed by atoms with van der Waals surface area (Å²) in [5.41, 5.74) is 2.49. The fraction of sp³-hybridized carbons (Fsp3) is 0.368. The van der Waals surface area contributed by atoms with Crippen molar-refractivity contribution in [3.05, 3.63) is 59.2 Å². The molecule has 0 spiro atoms. The minimum absolute atomic E-state index is 0.184. The summed E-state index contributed by atoms with van der Waals surface area (Å²) < 4.78 is 41.1. The fourth-order valence-electron chi connectivity index (χ4n) is 3.26. The van der Waals surface area contributed by atoms with E-state index in [0.29, 0.717) is 0 Å². The van der Waals surface area contributed by atoms with Crippen LogP contribution in [0.15, 0.2) is 42.5 Å². The van der Waals surface area contributed by atoms with Gasteiger partial charge in [0, 0.05) is 31.7 Å². The maximum atomic E-state index is 12.4. The molecule has 0 aromatic heterocycles. The number of rotatable bonds is 4. The predicted octanol–water partition coefficient (Wildman–Crippen LogP) is 3.59. The third-order valence-corrected chi connectivity index (χ3v) is 4.43. The van der Waals surface area contributed by atoms with Gasteiger partial charge in [-0.1, -0.05) is 24.3 Å². The molecule has 26 heavy (non-hydrogen) atoms. The highest BCUT2D eigenvalue weighted by Gasteiger charge is 2.31. The normalized spacial score (nSPS) is 17.1. The van der Waals surface area contributed by atoms with Gasteiger partial charge < -0.3 is 15.2 Å². The molecule has 2 aromatic rings. The van der Waals surface area contributed by atoms with Crippen molar-refractivity contribution in [3.8, 4) is 11.5 Å². The molecule has 1 aliphatic rings. The van der Waals surface area contributed by atoms with E-state index in [9.17, 15) is 18.3 Å². The molecular weight excluding hydrogens is 345 g/mol. The number of nitrogens with one attached hydrogen (secondary N) is 1. The molecule has 0 aliphatic carbocycles. The largest absolute Gasteiger partial charge is 0.573 e. The Morgan fingerprint density at radius 2 is 1.73 bits per heavy atom. The summed E-state index contributed by atoms with van der Waals surface area (Å²) in [6.07, 6.45) is -4.71. The van der Waals surface area contributed by atoms with Crippen molar-refractivity contribution in [2.75, 3.05) is 26.2 Å². The summed E-state index contributed by atoms with van der Waals surface area (Å²) in [6.45, 7) is 5.08. The second-order valence-corrected chi connectivity index (χ2v) is 6.37. The molecule has 0 radical (unpaired) electrons. The van der Waals surface area contributed by atoms with E-state index in [1.165, 1.54) is 12.1 Å². The number of phenols is 1. The van der Waals surface area contributed by atoms with Crippen LogP contribution in [0.5, 0.6) is 11.5 Å². The van der Waals surface area contributed by atoms with E-state index in [2.05, 4.69) is 15.0 Å². The lowest BCUT2D eigenvalue weighted by Gasteiger charge is -2.36. The van der Waals surface area contributed by atoms with Gasteiger partial charge in [0.05, 0.1) is 6.04 Å². The van der Waals surface area contributed by atoms with Crippen molar-refractivity contribution in [1.82, 2.24) is 10.2 Å². The number of aromatic hydroxyl groups is 1. The topological polar surface area (TPSA) is 44.7 Å². The van der Waals surface area contributed by atoms with E-state index in [0.717, 1.165) is 42.9 Å². The fourth-order valence-corrected chi connectivity index (χ4v) is 3.26. The van der Waals surface area contributed by atoms with Crippen LogP contribution in [0.2, 0.25) is 0 Å². The van der Waals surface area contributed by atoms with Crippen LogP contribution in [0.3, 0.4) is 0 Å². The molecule has 3 rings (SSSR count). The van der Waals surface area contributed by atoms with Gasteiger partial charge in [0.25, 0.3) is 0 Å². The van der Waals surface area contributed by atoms with E-state index in [-0.39, 0.29) is 17.5 Å². The number of benzene rings is 2. The number of aryl methyl sites for hydroxylation is 1. The average Bonchev–Trinajstić information content (AvgIpc) is 2.58. The number of hydrogen-bond donors (Lipinski definition) is 2. The van der Waals surface area contributed by atoms with Crippen LogP contribution < -0.4 is 10.1 Å². The van der Waals surface area contributed by atoms with Gasteiger partial charge in [-0.15, -0.1) is 13.2 Å². The maximum absolute atomic E-state index is 12.4. The SMILES string of the molecule is Cc1ccc([C@H](c2ccc(OC(F)(F)F)cc2)N2CCNCC2)c(O)c1. The predicted molar refractivity (Wildman–Crippen MR) is 92.3 cm³/mol. The molecule has 0 amide bonds. The van der Waals surface area contributed by atoms with Crippen LogP contribution in [0.25, 0.3) is 0 Å². The van der Waals surface area contributed by atoms with Gasteiger partial charge in [0.1, 0.15) is 11.5 Å². The van der Waals surface area contributed by atoms with E-state index < -0.39 is 6.36 Å². The van der Waals surface area contributed by atoms with E-state index >= 15 is 0 Å². The highest BCUT2D eigenvalue weighted by molar-refractivity contribution is 5.44. The second-order valence-electron chi connectivity index (χ2n) is 6.37. The van der Waals surface area contributed by atoms with Crippen molar-refractivity contribution in [2.24, 2.45) is 0 Å². The van der Waals surface area contributed by atoms with Crippen LogP contribution in [-0.4, -0.2) is 42.5 Å². The Kier molecular flexibility index (Phi) is 5.38. The Labute approximate surface area is 150 Å². The first kappa shape index (κ1) is 18.5. The summed E-state index contributed by atoms with van der Waals surface area (Å²) in [4.78, 5) is 2.21. The van der Waals surface area contributed by atoms with Crippen LogP contribution in [0.1, 0.15) is 22.7 Å². The number of phenolic OH excluding ortho intramolecular Hbond substituents is 1. The number of ether oxygens (including phenoxy) is 1. The molecule has 140 valence electrons. The Morgan fingerprint density at radius 1 is 1.08 bits per heavy atom. The van der Waals surface area contributed by atoms with Gasteiger partial charge in [-0.25, -0.2) is 0 Å². The maximum Gasteiger partial charge on any atom is 0.573 e. The number of alkyl halides is 3. The number of hydrogen-bond acceptors (Lipinski definition) is 4. The standard InChI is InChI=1S/C19H21F3N2O2/c1-13-2-7-16(17(25)12-13)18(24-10-8-23-9-11-24)14-3-5-15(6-4-14)26-19(20,21)22/h2-7,12,18,23,25H,8-11H2,1H3/t18-/m0/s1. The van der Waals surface area contributed by atoms with Gasteiger partial charge in [-0.3, -0.25) is 4.90 Å². The Balaban J connectivity index is 1.95. The lowest BCUT2D eigenvalue weighted by Crippen LogP contribution is -2.45. The van der Waals surface area contributed by atoms with Crippen LogP contribution in [-0.2, 0) is 0 Å². The smallest absolute Gasteiger partial charge is 0.508 e. The van der Waals surface area contributed by atoms with E-state index in [1.807, 2.05) is 19.1 Å². The molecule has 2 aromatic carbocycles. The average molecular weight is 366 g/mol. The molecule has 0 unspecified atom stereocenters. The summed E-state index contributed by atoms with van der Waals surface area (Å²) in [5.74, 6) is -0.0717. The first-order chi connectivity index (χ1) is 12.3. The van der Waals surface area contributed by atoms with Crippen molar-refractivity contribution < 1.29 is 23.0 Å².